The second-order valence-electron chi connectivity index (χ2n) is 2.69. The van der Waals surface area contributed by atoms with E-state index in [2.05, 4.69) is 0 Å². The maximum atomic E-state index is 10.1. The molecule has 0 saturated carbocycles. The SMILES string of the molecule is O=[C]Cc1ccc(CCl)c(CCl)c1. The van der Waals surface area contributed by atoms with Crippen molar-refractivity contribution in [2.75, 3.05) is 0 Å². The van der Waals surface area contributed by atoms with Crippen LogP contribution in [0.25, 0.3) is 0 Å². The van der Waals surface area contributed by atoms with Crippen molar-refractivity contribution in [3.8, 4) is 0 Å². The summed E-state index contributed by atoms with van der Waals surface area (Å²) in [7, 11) is 0. The van der Waals surface area contributed by atoms with Crippen molar-refractivity contribution in [1.29, 1.82) is 0 Å². The average molecular weight is 216 g/mol. The quantitative estimate of drug-likeness (QED) is 0.707. The van der Waals surface area contributed by atoms with Gasteiger partial charge >= 0.3 is 0 Å². The topological polar surface area (TPSA) is 17.1 Å². The van der Waals surface area contributed by atoms with E-state index in [1.807, 2.05) is 24.5 Å². The summed E-state index contributed by atoms with van der Waals surface area (Å²) in [6, 6.07) is 5.67. The zero-order valence-corrected chi connectivity index (χ0v) is 8.53. The highest BCUT2D eigenvalue weighted by Crippen LogP contribution is 2.16. The van der Waals surface area contributed by atoms with Gasteiger partial charge in [-0.25, -0.2) is 0 Å². The van der Waals surface area contributed by atoms with Crippen molar-refractivity contribution in [2.24, 2.45) is 0 Å². The molecule has 1 aromatic carbocycles. The van der Waals surface area contributed by atoms with Gasteiger partial charge in [-0.2, -0.15) is 0 Å². The van der Waals surface area contributed by atoms with Gasteiger partial charge in [0.2, 0.25) is 6.29 Å². The predicted octanol–water partition coefficient (Wildman–Crippen LogP) is 2.82. The van der Waals surface area contributed by atoms with E-state index in [-0.39, 0.29) is 0 Å². The van der Waals surface area contributed by atoms with Crippen molar-refractivity contribution in [1.82, 2.24) is 0 Å². The van der Waals surface area contributed by atoms with Crippen molar-refractivity contribution < 1.29 is 4.79 Å². The van der Waals surface area contributed by atoms with Gasteiger partial charge in [-0.05, 0) is 16.7 Å². The van der Waals surface area contributed by atoms with Gasteiger partial charge in [0.25, 0.3) is 0 Å². The minimum Gasteiger partial charge on any atom is -0.291 e. The molecule has 1 aromatic rings. The molecule has 1 rings (SSSR count). The Labute approximate surface area is 87.7 Å². The van der Waals surface area contributed by atoms with Crippen LogP contribution < -0.4 is 0 Å². The van der Waals surface area contributed by atoms with E-state index in [1.54, 1.807) is 0 Å². The molecule has 1 nitrogen and oxygen atoms in total. The summed E-state index contributed by atoms with van der Waals surface area (Å²) in [6.45, 7) is 0. The van der Waals surface area contributed by atoms with Gasteiger partial charge < -0.3 is 0 Å². The molecule has 69 valence electrons. The highest BCUT2D eigenvalue weighted by Gasteiger charge is 2.01. The molecule has 0 amide bonds. The Bertz CT molecular complexity index is 297. The van der Waals surface area contributed by atoms with Gasteiger partial charge in [0.15, 0.2) is 0 Å². The third kappa shape index (κ3) is 2.71. The first-order valence-corrected chi connectivity index (χ1v) is 4.96. The van der Waals surface area contributed by atoms with Crippen molar-refractivity contribution in [2.45, 2.75) is 18.2 Å². The molecule has 0 saturated heterocycles. The van der Waals surface area contributed by atoms with Gasteiger partial charge in [-0.15, -0.1) is 23.2 Å². The Balaban J connectivity index is 2.98. The van der Waals surface area contributed by atoms with E-state index < -0.39 is 0 Å². The lowest BCUT2D eigenvalue weighted by molar-refractivity contribution is 0.555. The lowest BCUT2D eigenvalue weighted by atomic mass is 10.0. The fourth-order valence-electron chi connectivity index (χ4n) is 1.13. The second kappa shape index (κ2) is 5.25. The van der Waals surface area contributed by atoms with E-state index >= 15 is 0 Å². The van der Waals surface area contributed by atoms with Crippen LogP contribution in [0.4, 0.5) is 0 Å². The lowest BCUT2D eigenvalue weighted by Crippen LogP contribution is -1.92. The molecular weight excluding hydrogens is 207 g/mol. The smallest absolute Gasteiger partial charge is 0.203 e. The zero-order chi connectivity index (χ0) is 9.68. The molecule has 0 bridgehead atoms. The van der Waals surface area contributed by atoms with Crippen LogP contribution in [0.1, 0.15) is 16.7 Å². The molecule has 0 aromatic heterocycles. The van der Waals surface area contributed by atoms with Crippen LogP contribution in [-0.2, 0) is 23.0 Å². The summed E-state index contributed by atoms with van der Waals surface area (Å²) in [5, 5.41) is 0. The largest absolute Gasteiger partial charge is 0.291 e. The first kappa shape index (κ1) is 10.6. The Morgan fingerprint density at radius 2 is 1.85 bits per heavy atom. The summed E-state index contributed by atoms with van der Waals surface area (Å²) in [6.07, 6.45) is 2.16. The summed E-state index contributed by atoms with van der Waals surface area (Å²) in [4.78, 5) is 10.1. The maximum Gasteiger partial charge on any atom is 0.203 e. The molecule has 0 aliphatic carbocycles. The van der Waals surface area contributed by atoms with E-state index in [9.17, 15) is 4.79 Å². The molecule has 0 heterocycles. The molecule has 3 heteroatoms. The predicted molar refractivity (Wildman–Crippen MR) is 55.0 cm³/mol. The van der Waals surface area contributed by atoms with E-state index in [4.69, 9.17) is 23.2 Å². The van der Waals surface area contributed by atoms with Crippen LogP contribution in [-0.4, -0.2) is 6.29 Å². The molecule has 0 spiro atoms. The number of hydrogen-bond donors (Lipinski definition) is 0. The van der Waals surface area contributed by atoms with Crippen LogP contribution >= 0.6 is 23.2 Å². The van der Waals surface area contributed by atoms with Crippen LogP contribution in [0.3, 0.4) is 0 Å². The van der Waals surface area contributed by atoms with E-state index in [1.165, 1.54) is 0 Å². The summed E-state index contributed by atoms with van der Waals surface area (Å²) < 4.78 is 0. The summed E-state index contributed by atoms with van der Waals surface area (Å²) in [5.74, 6) is 0.877. The molecule has 1 radical (unpaired) electrons. The normalized spacial score (nSPS) is 10.0. The molecule has 13 heavy (non-hydrogen) atoms. The first-order valence-electron chi connectivity index (χ1n) is 3.89. The summed E-state index contributed by atoms with van der Waals surface area (Å²) >= 11 is 11.4. The fraction of sp³-hybridized carbons (Fsp3) is 0.300. The molecule has 0 unspecified atom stereocenters. The molecule has 0 aliphatic rings. The Hall–Kier alpha value is -0.530. The Kier molecular flexibility index (Phi) is 4.26. The molecular formula is C10H9Cl2O. The van der Waals surface area contributed by atoms with Crippen molar-refractivity contribution in [3.63, 3.8) is 0 Å². The average Bonchev–Trinajstić information content (AvgIpc) is 2.18. The number of carbonyl (C=O) groups excluding carboxylic acids is 1. The second-order valence-corrected chi connectivity index (χ2v) is 3.23. The first-order chi connectivity index (χ1) is 6.31. The Morgan fingerprint density at radius 1 is 1.15 bits per heavy atom. The fourth-order valence-corrected chi connectivity index (χ4v) is 1.64. The number of hydrogen-bond acceptors (Lipinski definition) is 1. The number of rotatable bonds is 4. The van der Waals surface area contributed by atoms with Gasteiger partial charge in [-0.3, -0.25) is 4.79 Å². The van der Waals surface area contributed by atoms with Crippen LogP contribution in [0, 0.1) is 0 Å². The van der Waals surface area contributed by atoms with Crippen LogP contribution in [0.2, 0.25) is 0 Å². The highest BCUT2D eigenvalue weighted by atomic mass is 35.5. The van der Waals surface area contributed by atoms with Gasteiger partial charge in [0.05, 0.1) is 0 Å². The molecule has 0 fully saturated rings. The standard InChI is InChI=1S/C10H9Cl2O/c11-6-9-2-1-8(3-4-13)5-10(9)7-12/h1-2,5H,3,6-7H2. The summed E-state index contributed by atoms with van der Waals surface area (Å²) in [5.41, 5.74) is 2.94. The molecule has 0 aliphatic heterocycles. The van der Waals surface area contributed by atoms with Gasteiger partial charge in [0, 0.05) is 18.2 Å². The third-order valence-electron chi connectivity index (χ3n) is 1.83. The number of benzene rings is 1. The van der Waals surface area contributed by atoms with Gasteiger partial charge in [-0.1, -0.05) is 18.2 Å². The lowest BCUT2D eigenvalue weighted by Gasteiger charge is -2.05. The third-order valence-corrected chi connectivity index (χ3v) is 2.41. The van der Waals surface area contributed by atoms with E-state index in [0.717, 1.165) is 16.7 Å². The number of halogens is 2. The Morgan fingerprint density at radius 3 is 2.38 bits per heavy atom. The van der Waals surface area contributed by atoms with Crippen LogP contribution in [0.15, 0.2) is 18.2 Å². The van der Waals surface area contributed by atoms with Crippen molar-refractivity contribution in [3.05, 3.63) is 34.9 Å². The number of alkyl halides is 2. The molecule has 0 atom stereocenters. The minimum absolute atomic E-state index is 0.312. The minimum atomic E-state index is 0.312. The molecule has 0 N–H and O–H groups in total. The highest BCUT2D eigenvalue weighted by molar-refractivity contribution is 6.18. The van der Waals surface area contributed by atoms with Gasteiger partial charge in [0.1, 0.15) is 0 Å². The maximum absolute atomic E-state index is 10.1. The van der Waals surface area contributed by atoms with Crippen molar-refractivity contribution >= 4 is 29.5 Å². The van der Waals surface area contributed by atoms with E-state index in [0.29, 0.717) is 18.2 Å². The monoisotopic (exact) mass is 215 g/mol. The zero-order valence-electron chi connectivity index (χ0n) is 7.02. The van der Waals surface area contributed by atoms with Crippen LogP contribution in [0.5, 0.6) is 0 Å².